The lowest BCUT2D eigenvalue weighted by Crippen LogP contribution is -2.54. The van der Waals surface area contributed by atoms with Crippen LogP contribution in [-0.4, -0.2) is 45.3 Å². The highest BCUT2D eigenvalue weighted by atomic mass is 16.4. The van der Waals surface area contributed by atoms with Crippen molar-refractivity contribution in [2.75, 3.05) is 6.54 Å². The molecule has 0 aliphatic rings. The normalized spacial score (nSPS) is 12.1. The van der Waals surface area contributed by atoms with E-state index in [4.69, 9.17) is 10.4 Å². The molecule has 9 nitrogen and oxygen atoms in total. The summed E-state index contributed by atoms with van der Waals surface area (Å²) >= 11 is 0. The number of nitrogens with zero attached hydrogens (tertiary/aromatic N) is 3. The van der Waals surface area contributed by atoms with Crippen LogP contribution in [0, 0.1) is 23.7 Å². The maximum absolute atomic E-state index is 13.3. The average molecular weight is 462 g/mol. The zero-order valence-electron chi connectivity index (χ0n) is 19.5. The van der Waals surface area contributed by atoms with Crippen molar-refractivity contribution in [3.05, 3.63) is 64.8 Å². The average Bonchev–Trinajstić information content (AvgIpc) is 3.12. The molecule has 2 amide bonds. The van der Waals surface area contributed by atoms with E-state index in [0.29, 0.717) is 17.5 Å². The van der Waals surface area contributed by atoms with Gasteiger partial charge in [0.05, 0.1) is 23.7 Å². The van der Waals surface area contributed by atoms with E-state index in [0.717, 1.165) is 16.6 Å². The van der Waals surface area contributed by atoms with Crippen molar-refractivity contribution in [2.45, 2.75) is 40.3 Å². The van der Waals surface area contributed by atoms with Crippen molar-refractivity contribution >= 4 is 28.7 Å². The Balaban J connectivity index is 1.95. The molecule has 3 rings (SSSR count). The minimum absolute atomic E-state index is 0.174. The fourth-order valence-electron chi connectivity index (χ4n) is 3.58. The molecule has 9 heteroatoms. The predicted molar refractivity (Wildman–Crippen MR) is 126 cm³/mol. The van der Waals surface area contributed by atoms with Gasteiger partial charge in [-0.3, -0.25) is 19.1 Å². The summed E-state index contributed by atoms with van der Waals surface area (Å²) < 4.78 is 1.71. The summed E-state index contributed by atoms with van der Waals surface area (Å²) in [7, 11) is 0. The molecule has 0 aliphatic heterocycles. The Morgan fingerprint density at radius 2 is 1.82 bits per heavy atom. The van der Waals surface area contributed by atoms with Crippen LogP contribution in [0.3, 0.4) is 0 Å². The molecule has 1 atom stereocenters. The summed E-state index contributed by atoms with van der Waals surface area (Å²) in [4.78, 5) is 36.8. The Labute approximate surface area is 197 Å². The van der Waals surface area contributed by atoms with Gasteiger partial charge >= 0.3 is 5.97 Å². The molecular formula is C25H27N5O4. The van der Waals surface area contributed by atoms with E-state index in [1.54, 1.807) is 37.6 Å². The number of carboxylic acid groups (broad SMARTS) is 1. The van der Waals surface area contributed by atoms with Crippen LogP contribution in [0.1, 0.15) is 48.0 Å². The molecule has 0 spiro atoms. The molecule has 0 radical (unpaired) electrons. The van der Waals surface area contributed by atoms with Gasteiger partial charge in [0.15, 0.2) is 5.69 Å². The first kappa shape index (κ1) is 24.5. The van der Waals surface area contributed by atoms with Crippen LogP contribution in [0.4, 0.5) is 0 Å². The van der Waals surface area contributed by atoms with Gasteiger partial charge in [-0.05, 0) is 42.2 Å². The van der Waals surface area contributed by atoms with Gasteiger partial charge in [0, 0.05) is 5.39 Å². The lowest BCUT2D eigenvalue weighted by Gasteiger charge is -2.30. The van der Waals surface area contributed by atoms with Crippen LogP contribution >= 0.6 is 0 Å². The first-order valence-corrected chi connectivity index (χ1v) is 10.8. The number of hydrogen-bond acceptors (Lipinski definition) is 5. The third-order valence-corrected chi connectivity index (χ3v) is 5.35. The molecule has 1 unspecified atom stereocenters. The Hall–Kier alpha value is -4.19. The van der Waals surface area contributed by atoms with Crippen molar-refractivity contribution in [3.8, 4) is 6.07 Å². The van der Waals surface area contributed by atoms with Crippen molar-refractivity contribution in [1.82, 2.24) is 20.4 Å². The first-order chi connectivity index (χ1) is 16.0. The van der Waals surface area contributed by atoms with Crippen LogP contribution in [-0.2, 0) is 16.1 Å². The quantitative estimate of drug-likeness (QED) is 0.495. The van der Waals surface area contributed by atoms with Crippen LogP contribution in [0.2, 0.25) is 0 Å². The van der Waals surface area contributed by atoms with Gasteiger partial charge in [-0.2, -0.15) is 10.4 Å². The Morgan fingerprint density at radius 3 is 2.41 bits per heavy atom. The van der Waals surface area contributed by atoms with E-state index in [1.165, 1.54) is 0 Å². The topological polar surface area (TPSA) is 137 Å². The summed E-state index contributed by atoms with van der Waals surface area (Å²) in [6.07, 6.45) is 0. The molecule has 3 aromatic rings. The second-order valence-electron chi connectivity index (χ2n) is 9.22. The number of carbonyl (C=O) groups is 3. The van der Waals surface area contributed by atoms with Gasteiger partial charge in [0.25, 0.3) is 5.91 Å². The number of aryl methyl sites for hydroxylation is 1. The van der Waals surface area contributed by atoms with E-state index in [2.05, 4.69) is 21.8 Å². The molecule has 1 aromatic heterocycles. The monoisotopic (exact) mass is 461 g/mol. The van der Waals surface area contributed by atoms with E-state index >= 15 is 0 Å². The van der Waals surface area contributed by atoms with E-state index in [-0.39, 0.29) is 5.69 Å². The third kappa shape index (κ3) is 5.59. The van der Waals surface area contributed by atoms with Crippen molar-refractivity contribution in [1.29, 1.82) is 5.26 Å². The number of aromatic nitrogens is 2. The van der Waals surface area contributed by atoms with Crippen LogP contribution in [0.5, 0.6) is 0 Å². The maximum Gasteiger partial charge on any atom is 0.322 e. The molecule has 0 aliphatic carbocycles. The number of carbonyl (C=O) groups excluding carboxylic acids is 2. The lowest BCUT2D eigenvalue weighted by molar-refractivity contribution is -0.138. The SMILES string of the molecule is Cc1ccc2c(c1)c(C(=O)NC(C(=O)NCC(=O)O)C(C)(C)C)nn2Cc1ccc(C#N)cc1. The van der Waals surface area contributed by atoms with Crippen LogP contribution < -0.4 is 10.6 Å². The number of nitrogens with one attached hydrogen (secondary N) is 2. The van der Waals surface area contributed by atoms with Gasteiger partial charge in [-0.25, -0.2) is 0 Å². The highest BCUT2D eigenvalue weighted by Crippen LogP contribution is 2.24. The van der Waals surface area contributed by atoms with E-state index < -0.39 is 35.8 Å². The largest absolute Gasteiger partial charge is 0.480 e. The van der Waals surface area contributed by atoms with E-state index in [9.17, 15) is 14.4 Å². The van der Waals surface area contributed by atoms with Crippen molar-refractivity contribution in [2.24, 2.45) is 5.41 Å². The van der Waals surface area contributed by atoms with Gasteiger partial charge < -0.3 is 15.7 Å². The Bertz CT molecular complexity index is 1280. The predicted octanol–water partition coefficient (Wildman–Crippen LogP) is 2.61. The smallest absolute Gasteiger partial charge is 0.322 e. The number of carboxylic acids is 1. The second-order valence-corrected chi connectivity index (χ2v) is 9.22. The van der Waals surface area contributed by atoms with Gasteiger partial charge in [-0.1, -0.05) is 44.5 Å². The maximum atomic E-state index is 13.3. The molecule has 0 bridgehead atoms. The summed E-state index contributed by atoms with van der Waals surface area (Å²) in [6, 6.07) is 13.9. The molecule has 0 saturated carbocycles. The Kier molecular flexibility index (Phi) is 7.01. The summed E-state index contributed by atoms with van der Waals surface area (Å²) in [5.41, 5.74) is 2.67. The summed E-state index contributed by atoms with van der Waals surface area (Å²) in [5, 5.41) is 28.2. The van der Waals surface area contributed by atoms with Crippen LogP contribution in [0.15, 0.2) is 42.5 Å². The van der Waals surface area contributed by atoms with Gasteiger partial charge in [0.1, 0.15) is 12.6 Å². The number of aliphatic carboxylic acids is 1. The molecule has 0 fully saturated rings. The molecule has 0 saturated heterocycles. The second kappa shape index (κ2) is 9.75. The standard InChI is InChI=1S/C25H27N5O4/c1-15-5-10-19-18(11-15)21(29-30(19)14-17-8-6-16(12-26)7-9-17)23(33)28-22(25(2,3)4)24(34)27-13-20(31)32/h5-11,22H,13-14H2,1-4H3,(H,27,34)(H,28,33)(H,31,32). The van der Waals surface area contributed by atoms with Crippen molar-refractivity contribution < 1.29 is 19.5 Å². The molecule has 176 valence electrons. The Morgan fingerprint density at radius 1 is 1.15 bits per heavy atom. The molecule has 2 aromatic carbocycles. The van der Waals surface area contributed by atoms with E-state index in [1.807, 2.05) is 37.3 Å². The molecule has 1 heterocycles. The highest BCUT2D eigenvalue weighted by molar-refractivity contribution is 6.06. The summed E-state index contributed by atoms with van der Waals surface area (Å²) in [6.45, 7) is 7.11. The van der Waals surface area contributed by atoms with Crippen LogP contribution in [0.25, 0.3) is 10.9 Å². The van der Waals surface area contributed by atoms with Gasteiger partial charge in [-0.15, -0.1) is 0 Å². The number of hydrogen-bond donors (Lipinski definition) is 3. The number of nitriles is 1. The van der Waals surface area contributed by atoms with Gasteiger partial charge in [0.2, 0.25) is 5.91 Å². The fourth-order valence-corrected chi connectivity index (χ4v) is 3.58. The molecular weight excluding hydrogens is 434 g/mol. The summed E-state index contributed by atoms with van der Waals surface area (Å²) in [5.74, 6) is -2.28. The number of benzene rings is 2. The fraction of sp³-hybridized carbons (Fsp3) is 0.320. The number of rotatable bonds is 7. The molecule has 34 heavy (non-hydrogen) atoms. The highest BCUT2D eigenvalue weighted by Gasteiger charge is 2.34. The molecule has 3 N–H and O–H groups in total. The number of amides is 2. The lowest BCUT2D eigenvalue weighted by atomic mass is 9.86. The van der Waals surface area contributed by atoms with Crippen molar-refractivity contribution in [3.63, 3.8) is 0 Å². The zero-order valence-corrected chi connectivity index (χ0v) is 19.5. The third-order valence-electron chi connectivity index (χ3n) is 5.35. The number of fused-ring (bicyclic) bond motifs is 1. The first-order valence-electron chi connectivity index (χ1n) is 10.8. The minimum atomic E-state index is -1.17. The zero-order chi connectivity index (χ0) is 25.0. The minimum Gasteiger partial charge on any atom is -0.480 e.